The van der Waals surface area contributed by atoms with Gasteiger partial charge in [-0.3, -0.25) is 23.1 Å². The van der Waals surface area contributed by atoms with Gasteiger partial charge >= 0.3 is 51.4 Å². The number of aromatic hydroxyl groups is 2. The number of nitrogen functional groups attached to an aromatic ring is 2. The minimum atomic E-state index is -5.06. The van der Waals surface area contributed by atoms with Crippen LogP contribution >= 0.6 is 0 Å². The fraction of sp³-hybridized carbons (Fsp3) is 0.150. The van der Waals surface area contributed by atoms with E-state index in [-0.39, 0.29) is 127 Å². The molecular weight excluding hydrogens is 1020 g/mol. The maximum absolute atomic E-state index is 12.4. The summed E-state index contributed by atoms with van der Waals surface area (Å²) in [5, 5.41) is 62.5. The molecule has 0 unspecified atom stereocenters. The van der Waals surface area contributed by atoms with E-state index in [9.17, 15) is 62.1 Å². The number of fused-ring (bicyclic) bond motifs is 2. The van der Waals surface area contributed by atoms with E-state index in [0.29, 0.717) is 19.6 Å². The first-order chi connectivity index (χ1) is 31.8. The normalized spacial score (nSPS) is 12.6. The third-order valence-electron chi connectivity index (χ3n) is 9.48. The average molecular weight is 1060 g/mol. The standard InChI is InChI=1S/C34H26N6O14S4.C6H15NO3.K/c35-21-7-3-19-11-29(57(49,50)51)31(33(41)25(19)13-21)39-37-23-9-5-17(27(15-23)55(43,44)45)1-2-18-6-10-24(16-28(18)56(46,47)48)38-40-32-30(58(52,53)54)12-20-4-8-22(36)14-26(20)34(32)42;8-4-1-7(2-5-9)3-6-10;/h1-16,41-42H,35-36H2,(H,43,44,45)(H,46,47,48)(H,49,50,51)(H,52,53,54);8-10H,1-6H2;/q;;+1/b2-1+,39-37?,40-38?;;. The minimum absolute atomic E-state index is 0. The number of hydrogen-bond donors (Lipinski definition) is 11. The fourth-order valence-corrected chi connectivity index (χ4v) is 9.07. The number of phenols is 2. The number of azo groups is 2. The molecular formula is C40H41KN7O17S4+. The van der Waals surface area contributed by atoms with Gasteiger partial charge in [-0.1, -0.05) is 36.4 Å². The molecule has 0 spiro atoms. The summed E-state index contributed by atoms with van der Waals surface area (Å²) in [6, 6.07) is 16.3. The topological polar surface area (TPSA) is 423 Å². The molecule has 69 heavy (non-hydrogen) atoms. The first kappa shape index (κ1) is 56.7. The summed E-state index contributed by atoms with van der Waals surface area (Å²) in [7, 11) is -20.1. The van der Waals surface area contributed by atoms with E-state index in [4.69, 9.17) is 26.8 Å². The number of nitrogens with two attached hydrogens (primary N) is 2. The summed E-state index contributed by atoms with van der Waals surface area (Å²) in [4.78, 5) is -1.52. The van der Waals surface area contributed by atoms with Gasteiger partial charge in [0.05, 0.1) is 31.2 Å². The van der Waals surface area contributed by atoms with E-state index < -0.39 is 82.9 Å². The van der Waals surface area contributed by atoms with E-state index in [1.165, 1.54) is 36.4 Å². The van der Waals surface area contributed by atoms with Gasteiger partial charge in [-0.15, -0.1) is 10.2 Å². The Bertz CT molecular complexity index is 3240. The molecule has 6 aromatic carbocycles. The van der Waals surface area contributed by atoms with Gasteiger partial charge in [-0.25, -0.2) is 0 Å². The smallest absolute Gasteiger partial charge is 0.505 e. The van der Waals surface area contributed by atoms with Crippen molar-refractivity contribution in [3.63, 3.8) is 0 Å². The summed E-state index contributed by atoms with van der Waals surface area (Å²) >= 11 is 0. The van der Waals surface area contributed by atoms with Crippen LogP contribution in [0.2, 0.25) is 0 Å². The zero-order chi connectivity index (χ0) is 50.4. The van der Waals surface area contributed by atoms with Crippen LogP contribution in [0.1, 0.15) is 11.1 Å². The van der Waals surface area contributed by atoms with Crippen molar-refractivity contribution in [2.24, 2.45) is 20.5 Å². The van der Waals surface area contributed by atoms with Crippen LogP contribution in [0, 0.1) is 0 Å². The molecule has 0 atom stereocenters. The number of benzene rings is 6. The maximum atomic E-state index is 12.4. The molecule has 0 aliphatic heterocycles. The molecule has 29 heteroatoms. The largest absolute Gasteiger partial charge is 1.00 e. The quantitative estimate of drug-likeness (QED) is 0.0216. The van der Waals surface area contributed by atoms with E-state index >= 15 is 0 Å². The molecule has 0 radical (unpaired) electrons. The predicted molar refractivity (Wildman–Crippen MR) is 247 cm³/mol. The van der Waals surface area contributed by atoms with Gasteiger partial charge in [0.15, 0.2) is 11.5 Å². The first-order valence-electron chi connectivity index (χ1n) is 19.1. The fourth-order valence-electron chi connectivity index (χ4n) is 6.35. The molecule has 0 saturated carbocycles. The molecule has 362 valence electrons. The molecule has 6 rings (SSSR count). The van der Waals surface area contributed by atoms with E-state index in [1.54, 1.807) is 4.90 Å². The Morgan fingerprint density at radius 3 is 1.10 bits per heavy atom. The summed E-state index contributed by atoms with van der Waals surface area (Å²) in [6.07, 6.45) is 2.06. The molecule has 0 aliphatic carbocycles. The van der Waals surface area contributed by atoms with Crippen molar-refractivity contribution in [1.82, 2.24) is 4.90 Å². The van der Waals surface area contributed by atoms with E-state index in [0.717, 1.165) is 60.7 Å². The molecule has 6 aromatic rings. The van der Waals surface area contributed by atoms with Gasteiger partial charge in [-0.2, -0.15) is 43.9 Å². The SMILES string of the molecule is Nc1ccc2cc(S(=O)(=O)O)c(N=Nc3ccc(/C=C/c4ccc(N=Nc5c(S(=O)(=O)O)cc6ccc(N)cc6c5O)cc4S(=O)(=O)O)c(S(=O)(=O)O)c3)c(O)c2c1.OCCN(CCO)CCO.[K+]. The van der Waals surface area contributed by atoms with Crippen molar-refractivity contribution < 1.29 is 129 Å². The van der Waals surface area contributed by atoms with Crippen molar-refractivity contribution in [2.45, 2.75) is 19.6 Å². The van der Waals surface area contributed by atoms with Crippen LogP contribution in [-0.2, 0) is 40.5 Å². The van der Waals surface area contributed by atoms with Crippen molar-refractivity contribution in [2.75, 3.05) is 50.9 Å². The Morgan fingerprint density at radius 1 is 0.464 bits per heavy atom. The number of anilines is 2. The van der Waals surface area contributed by atoms with Gasteiger partial charge in [-0.05, 0) is 82.6 Å². The van der Waals surface area contributed by atoms with Crippen molar-refractivity contribution in [3.05, 3.63) is 96.1 Å². The van der Waals surface area contributed by atoms with Crippen LogP contribution in [0.3, 0.4) is 0 Å². The van der Waals surface area contributed by atoms with Crippen LogP contribution in [0.25, 0.3) is 33.7 Å². The Kier molecular flexibility index (Phi) is 19.2. The number of hydrogen-bond acceptors (Lipinski definition) is 20. The molecule has 0 amide bonds. The third kappa shape index (κ3) is 14.6. The molecule has 24 nitrogen and oxygen atoms in total. The summed E-state index contributed by atoms with van der Waals surface area (Å²) < 4.78 is 138. The molecule has 0 bridgehead atoms. The summed E-state index contributed by atoms with van der Waals surface area (Å²) in [5.74, 6) is -1.48. The second-order valence-electron chi connectivity index (χ2n) is 14.2. The maximum Gasteiger partial charge on any atom is 1.00 e. The zero-order valence-electron chi connectivity index (χ0n) is 35.8. The Hall–Kier alpha value is -4.90. The predicted octanol–water partition coefficient (Wildman–Crippen LogP) is 1.83. The summed E-state index contributed by atoms with van der Waals surface area (Å²) in [6.45, 7) is 1.75. The molecule has 13 N–H and O–H groups in total. The molecule has 0 aliphatic rings. The van der Waals surface area contributed by atoms with Crippen LogP contribution in [-0.4, -0.2) is 122 Å². The zero-order valence-corrected chi connectivity index (χ0v) is 42.2. The first-order valence-corrected chi connectivity index (χ1v) is 24.9. The van der Waals surface area contributed by atoms with Gasteiger partial charge in [0.2, 0.25) is 0 Å². The van der Waals surface area contributed by atoms with Gasteiger partial charge in [0.1, 0.15) is 31.0 Å². The van der Waals surface area contributed by atoms with Crippen LogP contribution in [0.5, 0.6) is 11.5 Å². The van der Waals surface area contributed by atoms with E-state index in [2.05, 4.69) is 20.5 Å². The van der Waals surface area contributed by atoms with Gasteiger partial charge in [0, 0.05) is 41.8 Å². The molecule has 0 fully saturated rings. The molecule has 0 saturated heterocycles. The summed E-state index contributed by atoms with van der Waals surface area (Å²) in [5.41, 5.74) is 9.31. The Morgan fingerprint density at radius 2 is 0.797 bits per heavy atom. The Labute approximate surface area is 436 Å². The van der Waals surface area contributed by atoms with Crippen LogP contribution in [0.4, 0.5) is 34.1 Å². The van der Waals surface area contributed by atoms with Crippen molar-refractivity contribution in [3.8, 4) is 11.5 Å². The van der Waals surface area contributed by atoms with Crippen molar-refractivity contribution in [1.29, 1.82) is 0 Å². The van der Waals surface area contributed by atoms with Gasteiger partial charge in [0.25, 0.3) is 40.5 Å². The Balaban J connectivity index is 0.000000847. The molecule has 0 heterocycles. The second-order valence-corrected chi connectivity index (χ2v) is 19.8. The third-order valence-corrected chi connectivity index (χ3v) is 13.0. The second kappa shape index (κ2) is 23.3. The number of nitrogens with zero attached hydrogens (tertiary/aromatic N) is 5. The van der Waals surface area contributed by atoms with Gasteiger partial charge < -0.3 is 37.0 Å². The number of phenolic OH excluding ortho intramolecular Hbond substituents is 2. The number of rotatable bonds is 16. The minimum Gasteiger partial charge on any atom is -0.505 e. The number of aliphatic hydroxyl groups excluding tert-OH is 3. The number of aliphatic hydroxyl groups is 3. The van der Waals surface area contributed by atoms with Crippen LogP contribution in [0.15, 0.2) is 125 Å². The van der Waals surface area contributed by atoms with Crippen LogP contribution < -0.4 is 62.9 Å². The molecule has 0 aromatic heterocycles. The van der Waals surface area contributed by atoms with E-state index in [1.807, 2.05) is 0 Å². The van der Waals surface area contributed by atoms with Crippen molar-refractivity contribution >= 4 is 108 Å². The average Bonchev–Trinajstić information content (AvgIpc) is 3.24. The monoisotopic (exact) mass is 1060 g/mol.